The van der Waals surface area contributed by atoms with Crippen molar-refractivity contribution in [3.63, 3.8) is 0 Å². The fourth-order valence-electron chi connectivity index (χ4n) is 2.33. The molecule has 1 aromatic rings. The van der Waals surface area contributed by atoms with E-state index in [2.05, 4.69) is 15.3 Å². The zero-order valence-corrected chi connectivity index (χ0v) is 11.4. The van der Waals surface area contributed by atoms with Crippen LogP contribution in [0.3, 0.4) is 0 Å². The number of nitrogens with zero attached hydrogens (tertiary/aromatic N) is 3. The summed E-state index contributed by atoms with van der Waals surface area (Å²) in [5.74, 6) is 0. The van der Waals surface area contributed by atoms with Crippen molar-refractivity contribution in [1.82, 2.24) is 20.0 Å². The molecule has 0 bridgehead atoms. The van der Waals surface area contributed by atoms with Crippen molar-refractivity contribution in [1.29, 1.82) is 0 Å². The Morgan fingerprint density at radius 1 is 1.35 bits per heavy atom. The molecular weight excluding hydrogens is 236 g/mol. The van der Waals surface area contributed by atoms with Crippen LogP contribution in [0.2, 0.25) is 5.15 Å². The van der Waals surface area contributed by atoms with E-state index in [0.29, 0.717) is 0 Å². The minimum atomic E-state index is 0.746. The molecule has 0 radical (unpaired) electrons. The average molecular weight is 257 g/mol. The van der Waals surface area contributed by atoms with Crippen LogP contribution in [-0.4, -0.2) is 40.9 Å². The summed E-state index contributed by atoms with van der Waals surface area (Å²) in [6.07, 6.45) is 2.71. The molecule has 0 spiro atoms. The summed E-state index contributed by atoms with van der Waals surface area (Å²) in [7, 11) is 1.88. The van der Waals surface area contributed by atoms with E-state index in [9.17, 15) is 0 Å². The first-order chi connectivity index (χ1) is 8.18. The summed E-state index contributed by atoms with van der Waals surface area (Å²) in [4.78, 5) is 2.50. The van der Waals surface area contributed by atoms with Crippen LogP contribution in [-0.2, 0) is 13.6 Å². The Bertz CT molecular complexity index is 369. The smallest absolute Gasteiger partial charge is 0.131 e. The van der Waals surface area contributed by atoms with Crippen LogP contribution in [0.1, 0.15) is 24.1 Å². The van der Waals surface area contributed by atoms with Crippen molar-refractivity contribution in [3.05, 3.63) is 16.4 Å². The highest BCUT2D eigenvalue weighted by atomic mass is 35.5. The molecule has 1 fully saturated rings. The standard InChI is InChI=1S/C12H21ClN4/c1-10-11(12(13)16(2)15-10)9-14-5-8-17-6-3-4-7-17/h14H,3-9H2,1-2H3. The van der Waals surface area contributed by atoms with Gasteiger partial charge in [-0.3, -0.25) is 4.68 Å². The summed E-state index contributed by atoms with van der Waals surface area (Å²) in [6.45, 7) is 7.49. The van der Waals surface area contributed by atoms with Gasteiger partial charge in [0.2, 0.25) is 0 Å². The van der Waals surface area contributed by atoms with E-state index in [1.54, 1.807) is 4.68 Å². The molecule has 1 aliphatic rings. The Hall–Kier alpha value is -0.580. The lowest BCUT2D eigenvalue weighted by Gasteiger charge is -2.14. The summed E-state index contributed by atoms with van der Waals surface area (Å²) in [5.41, 5.74) is 2.14. The van der Waals surface area contributed by atoms with E-state index in [1.807, 2.05) is 14.0 Å². The molecule has 0 unspecified atom stereocenters. The molecule has 96 valence electrons. The predicted molar refractivity (Wildman–Crippen MR) is 70.3 cm³/mol. The van der Waals surface area contributed by atoms with Crippen LogP contribution in [0.15, 0.2) is 0 Å². The van der Waals surface area contributed by atoms with Crippen molar-refractivity contribution in [2.75, 3.05) is 26.2 Å². The van der Waals surface area contributed by atoms with Crippen molar-refractivity contribution in [2.45, 2.75) is 26.3 Å². The minimum Gasteiger partial charge on any atom is -0.311 e. The molecule has 17 heavy (non-hydrogen) atoms. The van der Waals surface area contributed by atoms with Crippen molar-refractivity contribution < 1.29 is 0 Å². The van der Waals surface area contributed by atoms with Gasteiger partial charge >= 0.3 is 0 Å². The molecule has 0 atom stereocenters. The highest BCUT2D eigenvalue weighted by molar-refractivity contribution is 6.30. The molecule has 1 N–H and O–H groups in total. The molecule has 0 amide bonds. The molecule has 0 aliphatic carbocycles. The van der Waals surface area contributed by atoms with Gasteiger partial charge in [-0.05, 0) is 32.9 Å². The van der Waals surface area contributed by atoms with Gasteiger partial charge in [0, 0.05) is 32.2 Å². The number of likely N-dealkylation sites (tertiary alicyclic amines) is 1. The molecule has 4 nitrogen and oxygen atoms in total. The second kappa shape index (κ2) is 5.85. The van der Waals surface area contributed by atoms with Gasteiger partial charge in [-0.15, -0.1) is 0 Å². The number of aromatic nitrogens is 2. The zero-order chi connectivity index (χ0) is 12.3. The maximum Gasteiger partial charge on any atom is 0.131 e. The molecule has 1 aromatic heterocycles. The number of hydrogen-bond acceptors (Lipinski definition) is 3. The number of rotatable bonds is 5. The van der Waals surface area contributed by atoms with E-state index in [-0.39, 0.29) is 0 Å². The molecule has 2 rings (SSSR count). The van der Waals surface area contributed by atoms with Gasteiger partial charge in [0.05, 0.1) is 5.69 Å². The predicted octanol–water partition coefficient (Wildman–Crippen LogP) is 1.57. The Kier molecular flexibility index (Phi) is 4.42. The maximum absolute atomic E-state index is 6.17. The number of nitrogens with one attached hydrogen (secondary N) is 1. The van der Waals surface area contributed by atoms with Crippen LogP contribution in [0, 0.1) is 6.92 Å². The molecule has 0 saturated carbocycles. The summed E-state index contributed by atoms with van der Waals surface area (Å²) in [6, 6.07) is 0. The van der Waals surface area contributed by atoms with Crippen LogP contribution in [0.25, 0.3) is 0 Å². The first-order valence-corrected chi connectivity index (χ1v) is 6.67. The fourth-order valence-corrected chi connectivity index (χ4v) is 2.57. The minimum absolute atomic E-state index is 0.746. The van der Waals surface area contributed by atoms with Crippen molar-refractivity contribution in [2.24, 2.45) is 7.05 Å². The third-order valence-corrected chi connectivity index (χ3v) is 3.85. The van der Waals surface area contributed by atoms with E-state index in [4.69, 9.17) is 11.6 Å². The molecule has 1 aliphatic heterocycles. The zero-order valence-electron chi connectivity index (χ0n) is 10.7. The van der Waals surface area contributed by atoms with Crippen molar-refractivity contribution >= 4 is 11.6 Å². The van der Waals surface area contributed by atoms with E-state index < -0.39 is 0 Å². The number of aryl methyl sites for hydroxylation is 2. The highest BCUT2D eigenvalue weighted by Crippen LogP contribution is 2.17. The summed E-state index contributed by atoms with van der Waals surface area (Å²) in [5, 5.41) is 8.49. The lowest BCUT2D eigenvalue weighted by molar-refractivity contribution is 0.335. The topological polar surface area (TPSA) is 33.1 Å². The number of halogens is 1. The van der Waals surface area contributed by atoms with Crippen LogP contribution in [0.5, 0.6) is 0 Å². The molecule has 5 heteroatoms. The van der Waals surface area contributed by atoms with Gasteiger partial charge in [0.1, 0.15) is 5.15 Å². The largest absolute Gasteiger partial charge is 0.311 e. The van der Waals surface area contributed by atoms with Gasteiger partial charge in [0.25, 0.3) is 0 Å². The molecule has 0 aromatic carbocycles. The maximum atomic E-state index is 6.17. The second-order valence-corrected chi connectivity index (χ2v) is 5.06. The monoisotopic (exact) mass is 256 g/mol. The quantitative estimate of drug-likeness (QED) is 0.812. The van der Waals surface area contributed by atoms with Crippen LogP contribution >= 0.6 is 11.6 Å². The Labute approximate surface area is 108 Å². The van der Waals surface area contributed by atoms with Crippen LogP contribution in [0.4, 0.5) is 0 Å². The van der Waals surface area contributed by atoms with Crippen LogP contribution < -0.4 is 5.32 Å². The fraction of sp³-hybridized carbons (Fsp3) is 0.750. The molecule has 1 saturated heterocycles. The van der Waals surface area contributed by atoms with Gasteiger partial charge in [-0.25, -0.2) is 0 Å². The van der Waals surface area contributed by atoms with Gasteiger partial charge < -0.3 is 10.2 Å². The van der Waals surface area contributed by atoms with E-state index in [1.165, 1.54) is 25.9 Å². The van der Waals surface area contributed by atoms with Gasteiger partial charge in [-0.1, -0.05) is 11.6 Å². The van der Waals surface area contributed by atoms with E-state index >= 15 is 0 Å². The van der Waals surface area contributed by atoms with E-state index in [0.717, 1.165) is 36.0 Å². The summed E-state index contributed by atoms with van der Waals surface area (Å²) >= 11 is 6.17. The highest BCUT2D eigenvalue weighted by Gasteiger charge is 2.12. The normalized spacial score (nSPS) is 16.9. The molecule has 2 heterocycles. The lowest BCUT2D eigenvalue weighted by atomic mass is 10.2. The Morgan fingerprint density at radius 2 is 2.06 bits per heavy atom. The van der Waals surface area contributed by atoms with Gasteiger partial charge in [0.15, 0.2) is 0 Å². The van der Waals surface area contributed by atoms with Crippen molar-refractivity contribution in [3.8, 4) is 0 Å². The third kappa shape index (κ3) is 3.21. The third-order valence-electron chi connectivity index (χ3n) is 3.38. The summed E-state index contributed by atoms with van der Waals surface area (Å²) < 4.78 is 1.73. The SMILES string of the molecule is Cc1nn(C)c(Cl)c1CNCCN1CCCC1. The van der Waals surface area contributed by atoms with Gasteiger partial charge in [-0.2, -0.15) is 5.10 Å². The Balaban J connectivity index is 1.74. The average Bonchev–Trinajstić information content (AvgIpc) is 2.87. The lowest BCUT2D eigenvalue weighted by Crippen LogP contribution is -2.29. The number of hydrogen-bond donors (Lipinski definition) is 1. The second-order valence-electron chi connectivity index (χ2n) is 4.70. The Morgan fingerprint density at radius 3 is 2.65 bits per heavy atom. The molecular formula is C12H21ClN4. The first-order valence-electron chi connectivity index (χ1n) is 6.29. The first kappa shape index (κ1) is 12.9.